The lowest BCUT2D eigenvalue weighted by atomic mass is 10.1. The van der Waals surface area contributed by atoms with Crippen LogP contribution in [0.25, 0.3) is 0 Å². The van der Waals surface area contributed by atoms with Gasteiger partial charge in [0, 0.05) is 36.4 Å². The van der Waals surface area contributed by atoms with E-state index < -0.39 is 0 Å². The second kappa shape index (κ2) is 9.20. The van der Waals surface area contributed by atoms with Gasteiger partial charge < -0.3 is 16.0 Å². The van der Waals surface area contributed by atoms with E-state index in [1.807, 2.05) is 38.1 Å². The van der Waals surface area contributed by atoms with Gasteiger partial charge >= 0.3 is 0 Å². The Labute approximate surface area is 154 Å². The third-order valence-corrected chi connectivity index (χ3v) is 4.09. The normalized spacial score (nSPS) is 11.2. The molecule has 25 heavy (non-hydrogen) atoms. The van der Waals surface area contributed by atoms with E-state index in [0.29, 0.717) is 23.4 Å². The Morgan fingerprint density at radius 2 is 1.76 bits per heavy atom. The number of hydrogen-bond donors (Lipinski definition) is 2. The first-order chi connectivity index (χ1) is 11.4. The topological polar surface area (TPSA) is 75.4 Å². The Morgan fingerprint density at radius 3 is 2.36 bits per heavy atom. The number of aryl methyl sites for hydroxylation is 1. The number of benzene rings is 2. The molecular weight excluding hydrogens is 338 g/mol. The molecule has 0 saturated carbocycles. The third kappa shape index (κ3) is 5.05. The zero-order chi connectivity index (χ0) is 17.7. The van der Waals surface area contributed by atoms with Crippen LogP contribution in [0.2, 0.25) is 0 Å². The SMILES string of the molecule is Cc1ccc(C(=O)N(C)C(C)CN)cc1NC(=O)c1ccccc1.Cl. The summed E-state index contributed by atoms with van der Waals surface area (Å²) in [4.78, 5) is 26.4. The van der Waals surface area contributed by atoms with Gasteiger partial charge in [-0.25, -0.2) is 0 Å². The van der Waals surface area contributed by atoms with E-state index in [1.165, 1.54) is 0 Å². The molecule has 0 saturated heterocycles. The molecule has 2 aromatic rings. The van der Waals surface area contributed by atoms with Gasteiger partial charge in [-0.1, -0.05) is 24.3 Å². The highest BCUT2D eigenvalue weighted by Crippen LogP contribution is 2.19. The number of nitrogens with zero attached hydrogens (tertiary/aromatic N) is 1. The zero-order valence-corrected chi connectivity index (χ0v) is 15.5. The van der Waals surface area contributed by atoms with E-state index in [0.717, 1.165) is 5.56 Å². The van der Waals surface area contributed by atoms with Crippen LogP contribution in [0.15, 0.2) is 48.5 Å². The van der Waals surface area contributed by atoms with Crippen LogP contribution in [0.4, 0.5) is 5.69 Å². The molecule has 134 valence electrons. The van der Waals surface area contributed by atoms with Crippen LogP contribution in [0.1, 0.15) is 33.2 Å². The molecule has 3 N–H and O–H groups in total. The van der Waals surface area contributed by atoms with Gasteiger partial charge in [0.1, 0.15) is 0 Å². The molecule has 0 radical (unpaired) electrons. The highest BCUT2D eigenvalue weighted by atomic mass is 35.5. The molecule has 0 aliphatic rings. The van der Waals surface area contributed by atoms with Gasteiger partial charge in [-0.2, -0.15) is 0 Å². The number of rotatable bonds is 5. The van der Waals surface area contributed by atoms with Crippen molar-refractivity contribution in [3.63, 3.8) is 0 Å². The molecule has 0 spiro atoms. The van der Waals surface area contributed by atoms with E-state index in [2.05, 4.69) is 5.32 Å². The molecule has 0 fully saturated rings. The van der Waals surface area contributed by atoms with Crippen molar-refractivity contribution in [3.8, 4) is 0 Å². The number of nitrogens with two attached hydrogens (primary N) is 1. The fourth-order valence-corrected chi connectivity index (χ4v) is 2.24. The fraction of sp³-hybridized carbons (Fsp3) is 0.263. The van der Waals surface area contributed by atoms with Crippen molar-refractivity contribution in [2.75, 3.05) is 18.9 Å². The Morgan fingerprint density at radius 1 is 1.12 bits per heavy atom. The van der Waals surface area contributed by atoms with E-state index in [1.54, 1.807) is 36.2 Å². The molecule has 2 amide bonds. The van der Waals surface area contributed by atoms with Crippen molar-refractivity contribution in [2.45, 2.75) is 19.9 Å². The molecule has 5 nitrogen and oxygen atoms in total. The summed E-state index contributed by atoms with van der Waals surface area (Å²) in [6, 6.07) is 14.2. The number of carbonyl (C=O) groups is 2. The summed E-state index contributed by atoms with van der Waals surface area (Å²) in [6.07, 6.45) is 0. The largest absolute Gasteiger partial charge is 0.338 e. The number of anilines is 1. The molecule has 0 aromatic heterocycles. The first-order valence-corrected chi connectivity index (χ1v) is 7.88. The summed E-state index contributed by atoms with van der Waals surface area (Å²) in [7, 11) is 1.72. The Hall–Kier alpha value is -2.37. The van der Waals surface area contributed by atoms with Gasteiger partial charge in [-0.15, -0.1) is 12.4 Å². The van der Waals surface area contributed by atoms with Crippen LogP contribution in [-0.2, 0) is 0 Å². The predicted molar refractivity (Wildman–Crippen MR) is 103 cm³/mol. The minimum atomic E-state index is -0.202. The summed E-state index contributed by atoms with van der Waals surface area (Å²) in [5, 5.41) is 2.87. The highest BCUT2D eigenvalue weighted by Gasteiger charge is 2.17. The zero-order valence-electron chi connectivity index (χ0n) is 14.7. The van der Waals surface area contributed by atoms with Crippen molar-refractivity contribution in [3.05, 3.63) is 65.2 Å². The van der Waals surface area contributed by atoms with Crippen molar-refractivity contribution in [1.29, 1.82) is 0 Å². The van der Waals surface area contributed by atoms with Crippen molar-refractivity contribution in [2.24, 2.45) is 5.73 Å². The van der Waals surface area contributed by atoms with Gasteiger partial charge in [0.15, 0.2) is 0 Å². The van der Waals surface area contributed by atoms with Crippen LogP contribution in [-0.4, -0.2) is 36.3 Å². The molecule has 0 heterocycles. The minimum Gasteiger partial charge on any atom is -0.338 e. The van der Waals surface area contributed by atoms with Crippen molar-refractivity contribution >= 4 is 29.9 Å². The van der Waals surface area contributed by atoms with Crippen LogP contribution in [0, 0.1) is 6.92 Å². The maximum Gasteiger partial charge on any atom is 0.255 e. The molecular formula is C19H24ClN3O2. The lowest BCUT2D eigenvalue weighted by Gasteiger charge is -2.24. The summed E-state index contributed by atoms with van der Waals surface area (Å²) >= 11 is 0. The van der Waals surface area contributed by atoms with Gasteiger partial charge in [-0.05, 0) is 43.7 Å². The molecule has 1 atom stereocenters. The van der Waals surface area contributed by atoms with Crippen molar-refractivity contribution in [1.82, 2.24) is 4.90 Å². The molecule has 6 heteroatoms. The average Bonchev–Trinajstić information content (AvgIpc) is 2.62. The van der Waals surface area contributed by atoms with E-state index in [-0.39, 0.29) is 30.3 Å². The monoisotopic (exact) mass is 361 g/mol. The maximum atomic E-state index is 12.5. The molecule has 0 aliphatic carbocycles. The second-order valence-electron chi connectivity index (χ2n) is 5.85. The molecule has 2 rings (SSSR count). The quantitative estimate of drug-likeness (QED) is 0.859. The van der Waals surface area contributed by atoms with Crippen LogP contribution in [0.5, 0.6) is 0 Å². The summed E-state index contributed by atoms with van der Waals surface area (Å²) in [5.74, 6) is -0.324. The van der Waals surface area contributed by atoms with Gasteiger partial charge in [0.2, 0.25) is 0 Å². The maximum absolute atomic E-state index is 12.5. The second-order valence-corrected chi connectivity index (χ2v) is 5.85. The number of halogens is 1. The van der Waals surface area contributed by atoms with Gasteiger partial charge in [0.25, 0.3) is 11.8 Å². The lowest BCUT2D eigenvalue weighted by Crippen LogP contribution is -2.39. The Bertz CT molecular complexity index is 735. The number of likely N-dealkylation sites (N-methyl/N-ethyl adjacent to an activating group) is 1. The number of carbonyl (C=O) groups excluding carboxylic acids is 2. The average molecular weight is 362 g/mol. The van der Waals surface area contributed by atoms with Crippen LogP contribution in [0.3, 0.4) is 0 Å². The first kappa shape index (κ1) is 20.7. The lowest BCUT2D eigenvalue weighted by molar-refractivity contribution is 0.0748. The minimum absolute atomic E-state index is 0. The molecule has 0 bridgehead atoms. The predicted octanol–water partition coefficient (Wildman–Crippen LogP) is 3.09. The summed E-state index contributed by atoms with van der Waals surface area (Å²) < 4.78 is 0. The van der Waals surface area contributed by atoms with E-state index in [9.17, 15) is 9.59 Å². The van der Waals surface area contributed by atoms with Crippen molar-refractivity contribution < 1.29 is 9.59 Å². The van der Waals surface area contributed by atoms with Gasteiger partial charge in [0.05, 0.1) is 0 Å². The van der Waals surface area contributed by atoms with Crippen LogP contribution < -0.4 is 11.1 Å². The summed E-state index contributed by atoms with van der Waals surface area (Å²) in [6.45, 7) is 4.18. The highest BCUT2D eigenvalue weighted by molar-refractivity contribution is 6.05. The number of nitrogens with one attached hydrogen (secondary N) is 1. The Kier molecular flexibility index (Phi) is 7.61. The molecule has 1 unspecified atom stereocenters. The first-order valence-electron chi connectivity index (χ1n) is 7.88. The van der Waals surface area contributed by atoms with Crippen LogP contribution >= 0.6 is 12.4 Å². The molecule has 2 aromatic carbocycles. The number of amides is 2. The van der Waals surface area contributed by atoms with E-state index in [4.69, 9.17) is 5.73 Å². The smallest absolute Gasteiger partial charge is 0.255 e. The van der Waals surface area contributed by atoms with E-state index >= 15 is 0 Å². The Balaban J connectivity index is 0.00000312. The number of hydrogen-bond acceptors (Lipinski definition) is 3. The van der Waals surface area contributed by atoms with Gasteiger partial charge in [-0.3, -0.25) is 9.59 Å². The standard InChI is InChI=1S/C19H23N3O2.ClH/c1-13-9-10-16(19(24)22(3)14(2)12-20)11-17(13)21-18(23)15-7-5-4-6-8-15;/h4-11,14H,12,20H2,1-3H3,(H,21,23);1H. The fourth-order valence-electron chi connectivity index (χ4n) is 2.24. The molecule has 0 aliphatic heterocycles. The third-order valence-electron chi connectivity index (χ3n) is 4.09. The summed E-state index contributed by atoms with van der Waals surface area (Å²) in [5.41, 5.74) is 8.24.